The number of nitrogens with zero attached hydrogens (tertiary/aromatic N) is 3. The minimum absolute atomic E-state index is 0.00638. The van der Waals surface area contributed by atoms with Crippen LogP contribution in [-0.2, 0) is 37.9 Å². The van der Waals surface area contributed by atoms with Gasteiger partial charge in [0, 0.05) is 50.6 Å². The van der Waals surface area contributed by atoms with Crippen molar-refractivity contribution in [3.05, 3.63) is 214 Å². The monoisotopic (exact) mass is 1080 g/mol. The summed E-state index contributed by atoms with van der Waals surface area (Å²) in [6.07, 6.45) is 4.55. The second kappa shape index (κ2) is 18.4. The van der Waals surface area contributed by atoms with Crippen LogP contribution < -0.4 is 31.3 Å². The largest absolute Gasteiger partial charge is 0.468 e. The van der Waals surface area contributed by atoms with Crippen molar-refractivity contribution >= 4 is 85.5 Å². The molecule has 0 saturated carbocycles. The van der Waals surface area contributed by atoms with Gasteiger partial charge in [-0.05, 0) is 192 Å². The van der Waals surface area contributed by atoms with Crippen molar-refractivity contribution in [1.29, 1.82) is 0 Å². The Labute approximate surface area is 490 Å². The maximum Gasteiger partial charge on any atom is 0.297 e. The Kier molecular flexibility index (Phi) is 12.1. The van der Waals surface area contributed by atoms with Gasteiger partial charge < -0.3 is 19.1 Å². The second-order valence-corrected chi connectivity index (χ2v) is 30.0. The standard InChI is InChI=1S/C77H84BN3O/c1-71(2,3)49-27-32-55(33-28-49)80-64-38-31-52(72(4,5)6)43-63(64)78-68-65(80)45-57(79(53-25-21-18-22-26-53)54-34-29-51(30-35-54)77(15,16)50-23-19-17-20-24-50)46-66(68)81(56-36-37-59-60(44-56)74(9,10)40-39-73(59,7)8)69-58-47-61-62(48-67(58)82-70(69)78)76(13,14)42-41-75(61,11)12/h17-38,43-48H,39-42H2,1-16H3. The summed E-state index contributed by atoms with van der Waals surface area (Å²) < 4.78 is 7.80. The van der Waals surface area contributed by atoms with Crippen LogP contribution in [0.15, 0.2) is 174 Å². The number of benzene rings is 8. The molecule has 0 N–H and O–H groups in total. The van der Waals surface area contributed by atoms with Gasteiger partial charge in [-0.2, -0.15) is 0 Å². The summed E-state index contributed by atoms with van der Waals surface area (Å²) >= 11 is 0. The number of furan rings is 1. The topological polar surface area (TPSA) is 22.9 Å². The number of fused-ring (bicyclic) bond motifs is 8. The molecule has 2 aliphatic heterocycles. The van der Waals surface area contributed by atoms with Crippen LogP contribution in [0.5, 0.6) is 0 Å². The van der Waals surface area contributed by atoms with Crippen molar-refractivity contribution in [2.24, 2.45) is 0 Å². The molecule has 416 valence electrons. The van der Waals surface area contributed by atoms with Crippen LogP contribution in [0.3, 0.4) is 0 Å². The van der Waals surface area contributed by atoms with E-state index >= 15 is 0 Å². The number of rotatable bonds is 7. The van der Waals surface area contributed by atoms with Crippen molar-refractivity contribution < 1.29 is 4.42 Å². The maximum absolute atomic E-state index is 7.80. The molecular weight excluding hydrogens is 994 g/mol. The first kappa shape index (κ1) is 54.0. The quantitative estimate of drug-likeness (QED) is 0.148. The predicted molar refractivity (Wildman–Crippen MR) is 351 cm³/mol. The number of hydrogen-bond donors (Lipinski definition) is 0. The summed E-state index contributed by atoms with van der Waals surface area (Å²) in [5.41, 5.74) is 25.4. The summed E-state index contributed by atoms with van der Waals surface area (Å²) in [6.45, 7) is 38.0. The highest BCUT2D eigenvalue weighted by atomic mass is 16.3. The summed E-state index contributed by atoms with van der Waals surface area (Å²) in [7, 11) is 0. The zero-order chi connectivity index (χ0) is 57.8. The van der Waals surface area contributed by atoms with Gasteiger partial charge >= 0.3 is 0 Å². The molecule has 82 heavy (non-hydrogen) atoms. The van der Waals surface area contributed by atoms with E-state index < -0.39 is 0 Å². The van der Waals surface area contributed by atoms with Gasteiger partial charge in [0.25, 0.3) is 6.71 Å². The van der Waals surface area contributed by atoms with Crippen LogP contribution in [-0.4, -0.2) is 6.71 Å². The van der Waals surface area contributed by atoms with Gasteiger partial charge in [-0.25, -0.2) is 0 Å². The van der Waals surface area contributed by atoms with Gasteiger partial charge in [0.2, 0.25) is 0 Å². The lowest BCUT2D eigenvalue weighted by atomic mass is 9.35. The van der Waals surface area contributed by atoms with E-state index in [9.17, 15) is 0 Å². The Morgan fingerprint density at radius 3 is 1.50 bits per heavy atom. The molecule has 0 unspecified atom stereocenters. The van der Waals surface area contributed by atoms with Crippen molar-refractivity contribution in [3.63, 3.8) is 0 Å². The van der Waals surface area contributed by atoms with Crippen LogP contribution >= 0.6 is 0 Å². The van der Waals surface area contributed by atoms with Gasteiger partial charge in [0.05, 0.1) is 17.0 Å². The van der Waals surface area contributed by atoms with Crippen molar-refractivity contribution in [3.8, 4) is 0 Å². The lowest BCUT2D eigenvalue weighted by Crippen LogP contribution is -2.61. The molecule has 3 heterocycles. The molecule has 1 aromatic heterocycles. The molecule has 8 aromatic carbocycles. The van der Waals surface area contributed by atoms with Gasteiger partial charge in [-0.15, -0.1) is 0 Å². The minimum Gasteiger partial charge on any atom is -0.468 e. The van der Waals surface area contributed by atoms with E-state index in [0.717, 1.165) is 76.7 Å². The Morgan fingerprint density at radius 2 is 0.902 bits per heavy atom. The van der Waals surface area contributed by atoms with Crippen LogP contribution in [0, 0.1) is 0 Å². The van der Waals surface area contributed by atoms with Gasteiger partial charge in [0.15, 0.2) is 0 Å². The lowest BCUT2D eigenvalue weighted by Gasteiger charge is -2.45. The van der Waals surface area contributed by atoms with Crippen LogP contribution in [0.2, 0.25) is 0 Å². The SMILES string of the molecule is CC(C)(C)c1ccc(N2c3ccc(C(C)(C)C)cc3B3c4oc5cc6c(cc5c4N(c4ccc5c(c4)C(C)(C)CCC5(C)C)c4cc(N(c5ccccc5)c5ccc(C(C)(C)c7ccccc7)cc5)cc2c43)C(C)(C)CCC6(C)C)cc1. The Bertz CT molecular complexity index is 3980. The normalized spacial score (nSPS) is 17.4. The van der Waals surface area contributed by atoms with Crippen molar-refractivity contribution in [2.45, 2.75) is 174 Å². The van der Waals surface area contributed by atoms with E-state index in [1.54, 1.807) is 0 Å². The summed E-state index contributed by atoms with van der Waals surface area (Å²) in [6, 6.07) is 65.6. The summed E-state index contributed by atoms with van der Waals surface area (Å²) in [5, 5.41) is 1.18. The van der Waals surface area contributed by atoms with E-state index in [2.05, 4.69) is 295 Å². The third-order valence-electron chi connectivity index (χ3n) is 20.2. The molecule has 5 heteroatoms. The minimum atomic E-state index is -0.212. The molecule has 4 aliphatic rings. The van der Waals surface area contributed by atoms with Crippen LogP contribution in [0.25, 0.3) is 11.0 Å². The first-order valence-corrected chi connectivity index (χ1v) is 30.5. The first-order valence-electron chi connectivity index (χ1n) is 30.5. The molecule has 0 atom stereocenters. The molecule has 0 saturated heterocycles. The molecule has 0 bridgehead atoms. The third kappa shape index (κ3) is 8.60. The maximum atomic E-state index is 7.80. The van der Waals surface area contributed by atoms with E-state index in [1.165, 1.54) is 72.2 Å². The molecule has 0 radical (unpaired) electrons. The molecular formula is C77H84BN3O. The highest BCUT2D eigenvalue weighted by Gasteiger charge is 2.49. The second-order valence-electron chi connectivity index (χ2n) is 30.0. The summed E-state index contributed by atoms with van der Waals surface area (Å²) in [5.74, 6) is 0. The zero-order valence-electron chi connectivity index (χ0n) is 51.8. The van der Waals surface area contributed by atoms with Gasteiger partial charge in [-0.1, -0.05) is 202 Å². The smallest absolute Gasteiger partial charge is 0.297 e. The van der Waals surface area contributed by atoms with Crippen molar-refractivity contribution in [1.82, 2.24) is 0 Å². The molecule has 0 amide bonds. The van der Waals surface area contributed by atoms with E-state index in [4.69, 9.17) is 4.42 Å². The fourth-order valence-corrected chi connectivity index (χ4v) is 14.6. The number of anilines is 9. The molecule has 0 fully saturated rings. The lowest BCUT2D eigenvalue weighted by molar-refractivity contribution is 0.332. The highest BCUT2D eigenvalue weighted by molar-refractivity contribution is 7.00. The molecule has 2 aliphatic carbocycles. The Morgan fingerprint density at radius 1 is 0.415 bits per heavy atom. The average Bonchev–Trinajstić information content (AvgIpc) is 1.33. The van der Waals surface area contributed by atoms with E-state index in [0.29, 0.717) is 0 Å². The molecule has 4 nitrogen and oxygen atoms in total. The third-order valence-corrected chi connectivity index (χ3v) is 20.2. The molecule has 13 rings (SSSR count). The molecule has 0 spiro atoms. The van der Waals surface area contributed by atoms with Gasteiger partial charge in [0.1, 0.15) is 5.58 Å². The van der Waals surface area contributed by atoms with Crippen LogP contribution in [0.1, 0.15) is 181 Å². The fraction of sp³-hybridized carbons (Fsp3) is 0.351. The number of hydrogen-bond acceptors (Lipinski definition) is 4. The van der Waals surface area contributed by atoms with Crippen molar-refractivity contribution in [2.75, 3.05) is 14.7 Å². The fourth-order valence-electron chi connectivity index (χ4n) is 14.6. The van der Waals surface area contributed by atoms with E-state index in [-0.39, 0.29) is 44.6 Å². The highest BCUT2D eigenvalue weighted by Crippen LogP contribution is 2.55. The van der Waals surface area contributed by atoms with E-state index in [1.807, 2.05) is 0 Å². The zero-order valence-corrected chi connectivity index (χ0v) is 51.8. The van der Waals surface area contributed by atoms with Crippen LogP contribution in [0.4, 0.5) is 51.2 Å². The predicted octanol–water partition coefficient (Wildman–Crippen LogP) is 19.6. The Hall–Kier alpha value is -7.24. The summed E-state index contributed by atoms with van der Waals surface area (Å²) in [4.78, 5) is 7.72. The Balaban J connectivity index is 1.16. The average molecular weight is 1080 g/mol. The van der Waals surface area contributed by atoms with Gasteiger partial charge in [-0.3, -0.25) is 0 Å². The first-order chi connectivity index (χ1) is 38.6. The molecule has 9 aromatic rings. The number of para-hydroxylation sites is 1.